The van der Waals surface area contributed by atoms with Crippen molar-refractivity contribution in [3.8, 4) is 0 Å². The normalized spacial score (nSPS) is 15.5. The summed E-state index contributed by atoms with van der Waals surface area (Å²) in [6, 6.07) is 17.2. The number of nitrogens with one attached hydrogen (secondary N) is 3. The number of H-pyrrole nitrogens is 2. The summed E-state index contributed by atoms with van der Waals surface area (Å²) in [6.45, 7) is 1.74. The molecule has 1 aliphatic carbocycles. The van der Waals surface area contributed by atoms with Crippen LogP contribution >= 0.6 is 0 Å². The van der Waals surface area contributed by atoms with Gasteiger partial charge in [-0.15, -0.1) is 0 Å². The van der Waals surface area contributed by atoms with Gasteiger partial charge in [-0.25, -0.2) is 5.48 Å². The van der Waals surface area contributed by atoms with Crippen molar-refractivity contribution in [2.45, 2.75) is 31.8 Å². The lowest BCUT2D eigenvalue weighted by atomic mass is 10.0. The smallest absolute Gasteiger partial charge is 0.267 e. The van der Waals surface area contributed by atoms with Gasteiger partial charge in [0.05, 0.1) is 0 Å². The number of fused-ring (bicyclic) bond motifs is 2. The van der Waals surface area contributed by atoms with Gasteiger partial charge in [-0.1, -0.05) is 36.4 Å². The van der Waals surface area contributed by atoms with Crippen LogP contribution in [0.25, 0.3) is 17.0 Å². The maximum Gasteiger partial charge on any atom is 0.267 e. The molecule has 2 aromatic heterocycles. The number of benzene rings is 2. The Morgan fingerprint density at radius 2 is 2.15 bits per heavy atom. The molecule has 0 aliphatic heterocycles. The van der Waals surface area contributed by atoms with Crippen LogP contribution in [-0.4, -0.2) is 37.7 Å². The molecule has 1 amide bonds. The fourth-order valence-electron chi connectivity index (χ4n) is 4.85. The Bertz CT molecular complexity index is 1280. The topological polar surface area (TPSA) is 97.0 Å². The second-order valence-electron chi connectivity index (χ2n) is 8.48. The second kappa shape index (κ2) is 9.44. The van der Waals surface area contributed by atoms with Crippen molar-refractivity contribution >= 4 is 22.9 Å². The van der Waals surface area contributed by atoms with E-state index >= 15 is 0 Å². The number of carbonyl (C=O) groups is 1. The zero-order valence-electron chi connectivity index (χ0n) is 18.3. The molecule has 168 valence electrons. The number of aromatic amines is 2. The van der Waals surface area contributed by atoms with E-state index in [-0.39, 0.29) is 0 Å². The molecule has 1 unspecified atom stereocenters. The number of aryl methyl sites for hydroxylation is 1. The highest BCUT2D eigenvalue weighted by molar-refractivity contribution is 5.90. The summed E-state index contributed by atoms with van der Waals surface area (Å²) >= 11 is 0. The molecular formula is C26H27N5O2. The second-order valence-corrected chi connectivity index (χ2v) is 8.48. The predicted octanol–water partition coefficient (Wildman–Crippen LogP) is 4.14. The third-order valence-electron chi connectivity index (χ3n) is 6.47. The highest BCUT2D eigenvalue weighted by Gasteiger charge is 2.28. The van der Waals surface area contributed by atoms with E-state index in [9.17, 15) is 4.79 Å². The zero-order chi connectivity index (χ0) is 22.6. The molecule has 1 atom stereocenters. The number of carbonyl (C=O) groups excluding carboxylic acids is 1. The minimum atomic E-state index is -0.531. The Morgan fingerprint density at radius 3 is 3.00 bits per heavy atom. The monoisotopic (exact) mass is 441 g/mol. The third-order valence-corrected chi connectivity index (χ3v) is 6.47. The number of para-hydroxylation sites is 1. The van der Waals surface area contributed by atoms with Crippen molar-refractivity contribution in [3.63, 3.8) is 0 Å². The first-order valence-corrected chi connectivity index (χ1v) is 11.2. The predicted molar refractivity (Wildman–Crippen MR) is 127 cm³/mol. The summed E-state index contributed by atoms with van der Waals surface area (Å²) < 4.78 is 0. The Kier molecular flexibility index (Phi) is 6.06. The molecule has 0 saturated carbocycles. The Hall–Kier alpha value is -3.68. The van der Waals surface area contributed by atoms with Gasteiger partial charge in [0.15, 0.2) is 0 Å². The number of hydrogen-bond acceptors (Lipinski definition) is 4. The first kappa shape index (κ1) is 21.2. The van der Waals surface area contributed by atoms with Crippen molar-refractivity contribution in [3.05, 3.63) is 94.9 Å². The van der Waals surface area contributed by atoms with Gasteiger partial charge in [0.25, 0.3) is 5.91 Å². The third kappa shape index (κ3) is 4.60. The molecule has 0 saturated heterocycles. The highest BCUT2D eigenvalue weighted by Crippen LogP contribution is 2.37. The largest absolute Gasteiger partial charge is 0.361 e. The van der Waals surface area contributed by atoms with Gasteiger partial charge in [-0.3, -0.25) is 20.0 Å². The van der Waals surface area contributed by atoms with Gasteiger partial charge in [-0.05, 0) is 59.7 Å². The molecule has 1 aliphatic rings. The molecule has 4 aromatic rings. The van der Waals surface area contributed by atoms with Gasteiger partial charge >= 0.3 is 0 Å². The fourth-order valence-corrected chi connectivity index (χ4v) is 4.85. The lowest BCUT2D eigenvalue weighted by molar-refractivity contribution is -0.124. The van der Waals surface area contributed by atoms with Gasteiger partial charge in [-0.2, -0.15) is 5.10 Å². The average Bonchev–Trinajstić information content (AvgIpc) is 3.60. The lowest BCUT2D eigenvalue weighted by Crippen LogP contribution is -2.29. The Labute approximate surface area is 192 Å². The van der Waals surface area contributed by atoms with Crippen molar-refractivity contribution in [2.24, 2.45) is 0 Å². The van der Waals surface area contributed by atoms with Crippen LogP contribution in [0, 0.1) is 0 Å². The Morgan fingerprint density at radius 1 is 1.24 bits per heavy atom. The highest BCUT2D eigenvalue weighted by atomic mass is 16.5. The van der Waals surface area contributed by atoms with Crippen LogP contribution in [0.3, 0.4) is 0 Å². The Balaban J connectivity index is 1.37. The minimum absolute atomic E-state index is 0.326. The molecule has 7 heteroatoms. The summed E-state index contributed by atoms with van der Waals surface area (Å²) in [6.07, 6.45) is 10.0. The molecule has 0 spiro atoms. The number of nitrogens with zero attached hydrogens (tertiary/aromatic N) is 2. The van der Waals surface area contributed by atoms with Crippen LogP contribution in [0.15, 0.2) is 67.0 Å². The summed E-state index contributed by atoms with van der Waals surface area (Å²) in [7, 11) is 0. The first-order chi connectivity index (χ1) is 16.2. The zero-order valence-corrected chi connectivity index (χ0v) is 18.3. The molecule has 0 radical (unpaired) electrons. The van der Waals surface area contributed by atoms with Crippen molar-refractivity contribution in [2.75, 3.05) is 6.54 Å². The molecule has 2 heterocycles. The van der Waals surface area contributed by atoms with Gasteiger partial charge in [0, 0.05) is 54.2 Å². The van der Waals surface area contributed by atoms with Crippen molar-refractivity contribution < 1.29 is 10.0 Å². The first-order valence-electron chi connectivity index (χ1n) is 11.2. The van der Waals surface area contributed by atoms with Gasteiger partial charge in [0.1, 0.15) is 0 Å². The number of hydroxylamine groups is 1. The lowest BCUT2D eigenvalue weighted by Gasteiger charge is -2.29. The summed E-state index contributed by atoms with van der Waals surface area (Å²) in [5.41, 5.74) is 8.86. The molecular weight excluding hydrogens is 414 g/mol. The molecule has 2 aromatic carbocycles. The van der Waals surface area contributed by atoms with Crippen LogP contribution in [0.2, 0.25) is 0 Å². The number of hydrogen-bond donors (Lipinski definition) is 4. The molecule has 0 bridgehead atoms. The van der Waals surface area contributed by atoms with Crippen LogP contribution in [0.1, 0.15) is 40.4 Å². The number of rotatable bonds is 8. The number of aromatic nitrogens is 3. The van der Waals surface area contributed by atoms with E-state index in [4.69, 9.17) is 5.21 Å². The van der Waals surface area contributed by atoms with Crippen LogP contribution in [0.5, 0.6) is 0 Å². The van der Waals surface area contributed by atoms with Gasteiger partial charge in [0.2, 0.25) is 0 Å². The van der Waals surface area contributed by atoms with E-state index in [0.29, 0.717) is 6.04 Å². The SMILES string of the molecule is O=C(/C=C/c1ccc2c(c1)CCC2N(CCc1c[nH]c2ccccc12)Cc1ccn[nH]1)NO. The van der Waals surface area contributed by atoms with E-state index in [0.717, 1.165) is 43.6 Å². The van der Waals surface area contributed by atoms with E-state index in [2.05, 4.69) is 62.7 Å². The average molecular weight is 442 g/mol. The quantitative estimate of drug-likeness (QED) is 0.188. The molecule has 0 fully saturated rings. The molecule has 5 rings (SSSR count). The van der Waals surface area contributed by atoms with Crippen LogP contribution < -0.4 is 5.48 Å². The molecule has 7 nitrogen and oxygen atoms in total. The van der Waals surface area contributed by atoms with Gasteiger partial charge < -0.3 is 4.98 Å². The van der Waals surface area contributed by atoms with E-state index in [1.54, 1.807) is 17.8 Å². The van der Waals surface area contributed by atoms with Crippen molar-refractivity contribution in [1.82, 2.24) is 25.6 Å². The van der Waals surface area contributed by atoms with Crippen molar-refractivity contribution in [1.29, 1.82) is 0 Å². The standard InChI is InChI=1S/C26H27N5O2/c32-26(30-33)10-6-18-5-8-23-19(15-18)7-9-25(23)31(17-21-11-13-28-29-21)14-12-20-16-27-24-4-2-1-3-22(20)24/h1-6,8,10-11,13,15-16,25,27,33H,7,9,12,14,17H2,(H,28,29)(H,30,32)/b10-6+. The maximum absolute atomic E-state index is 11.3. The van der Waals surface area contributed by atoms with Crippen LogP contribution in [-0.2, 0) is 24.2 Å². The van der Waals surface area contributed by atoms with E-state index in [1.807, 2.05) is 12.1 Å². The maximum atomic E-state index is 11.3. The van der Waals surface area contributed by atoms with E-state index in [1.165, 1.54) is 33.7 Å². The summed E-state index contributed by atoms with van der Waals surface area (Å²) in [5, 5.41) is 17.2. The minimum Gasteiger partial charge on any atom is -0.361 e. The van der Waals surface area contributed by atoms with E-state index < -0.39 is 5.91 Å². The molecule has 4 N–H and O–H groups in total. The fraction of sp³-hybridized carbons (Fsp3) is 0.231. The van der Waals surface area contributed by atoms with Crippen LogP contribution in [0.4, 0.5) is 0 Å². The summed E-state index contributed by atoms with van der Waals surface area (Å²) in [4.78, 5) is 17.2. The summed E-state index contributed by atoms with van der Waals surface area (Å²) in [5.74, 6) is -0.531. The number of amides is 1. The molecule has 33 heavy (non-hydrogen) atoms.